The minimum Gasteiger partial charge on any atom is -0.481 e. The van der Waals surface area contributed by atoms with Crippen LogP contribution in [0.15, 0.2) is 24.3 Å². The van der Waals surface area contributed by atoms with Crippen LogP contribution in [0, 0.1) is 11.7 Å². The SMILES string of the molecule is CC(Oc1ccc(F)cc1)C(=O)N1CCCC(CNC(=O)C2CCCN2)C1.Cl. The molecular weight excluding hydrogens is 385 g/mol. The molecule has 28 heavy (non-hydrogen) atoms. The maximum absolute atomic E-state index is 13.0. The fraction of sp³-hybridized carbons (Fsp3) is 0.600. The third-order valence-corrected chi connectivity index (χ3v) is 5.25. The first-order valence-electron chi connectivity index (χ1n) is 9.75. The number of amides is 2. The predicted octanol–water partition coefficient (Wildman–Crippen LogP) is 2.12. The van der Waals surface area contributed by atoms with Crippen LogP contribution in [0.4, 0.5) is 4.39 Å². The summed E-state index contributed by atoms with van der Waals surface area (Å²) in [7, 11) is 0. The molecule has 0 spiro atoms. The van der Waals surface area contributed by atoms with Gasteiger partial charge in [0.15, 0.2) is 6.10 Å². The van der Waals surface area contributed by atoms with Crippen molar-refractivity contribution in [3.63, 3.8) is 0 Å². The molecule has 156 valence electrons. The second-order valence-electron chi connectivity index (χ2n) is 7.40. The normalized spacial score (nSPS) is 22.9. The van der Waals surface area contributed by atoms with E-state index in [-0.39, 0.29) is 42.0 Å². The van der Waals surface area contributed by atoms with Gasteiger partial charge in [0.05, 0.1) is 6.04 Å². The van der Waals surface area contributed by atoms with E-state index in [4.69, 9.17) is 4.74 Å². The molecule has 1 aromatic rings. The Balaban J connectivity index is 0.00000280. The summed E-state index contributed by atoms with van der Waals surface area (Å²) < 4.78 is 18.6. The van der Waals surface area contributed by atoms with Crippen molar-refractivity contribution in [2.75, 3.05) is 26.2 Å². The van der Waals surface area contributed by atoms with E-state index in [2.05, 4.69) is 10.6 Å². The molecule has 2 aliphatic heterocycles. The first-order chi connectivity index (χ1) is 13.0. The van der Waals surface area contributed by atoms with Crippen LogP contribution in [0.2, 0.25) is 0 Å². The molecule has 0 aromatic heterocycles. The van der Waals surface area contributed by atoms with Crippen molar-refractivity contribution < 1.29 is 18.7 Å². The molecule has 0 aliphatic carbocycles. The van der Waals surface area contributed by atoms with Gasteiger partial charge in [-0.05, 0) is 69.3 Å². The van der Waals surface area contributed by atoms with Gasteiger partial charge >= 0.3 is 0 Å². The first-order valence-corrected chi connectivity index (χ1v) is 9.75. The summed E-state index contributed by atoms with van der Waals surface area (Å²) in [5, 5.41) is 6.22. The average molecular weight is 414 g/mol. The molecule has 3 rings (SSSR count). The Hall–Kier alpha value is -1.86. The Morgan fingerprint density at radius 2 is 2.04 bits per heavy atom. The van der Waals surface area contributed by atoms with Crippen LogP contribution in [0.5, 0.6) is 5.75 Å². The number of rotatable bonds is 6. The molecule has 2 saturated heterocycles. The van der Waals surface area contributed by atoms with Crippen molar-refractivity contribution in [1.29, 1.82) is 0 Å². The molecule has 3 atom stereocenters. The van der Waals surface area contributed by atoms with Gasteiger partial charge in [0.1, 0.15) is 11.6 Å². The van der Waals surface area contributed by atoms with E-state index in [1.54, 1.807) is 6.92 Å². The Morgan fingerprint density at radius 1 is 1.29 bits per heavy atom. The third-order valence-electron chi connectivity index (χ3n) is 5.25. The predicted molar refractivity (Wildman–Crippen MR) is 107 cm³/mol. The maximum atomic E-state index is 13.0. The fourth-order valence-corrected chi connectivity index (χ4v) is 3.73. The zero-order valence-electron chi connectivity index (χ0n) is 16.2. The van der Waals surface area contributed by atoms with Crippen molar-refractivity contribution >= 4 is 24.2 Å². The number of nitrogens with zero attached hydrogens (tertiary/aromatic N) is 1. The second-order valence-corrected chi connectivity index (χ2v) is 7.40. The lowest BCUT2D eigenvalue weighted by atomic mass is 9.97. The van der Waals surface area contributed by atoms with Crippen LogP contribution in [0.1, 0.15) is 32.6 Å². The molecule has 2 aliphatic rings. The molecule has 2 amide bonds. The van der Waals surface area contributed by atoms with Crippen LogP contribution >= 0.6 is 12.4 Å². The zero-order valence-corrected chi connectivity index (χ0v) is 17.0. The van der Waals surface area contributed by atoms with E-state index < -0.39 is 6.10 Å². The van der Waals surface area contributed by atoms with E-state index in [1.807, 2.05) is 4.90 Å². The molecule has 2 heterocycles. The number of ether oxygens (including phenoxy) is 1. The number of hydrogen-bond donors (Lipinski definition) is 2. The molecule has 2 N–H and O–H groups in total. The van der Waals surface area contributed by atoms with Gasteiger partial charge < -0.3 is 20.3 Å². The van der Waals surface area contributed by atoms with Crippen LogP contribution < -0.4 is 15.4 Å². The lowest BCUT2D eigenvalue weighted by Crippen LogP contribution is -2.49. The van der Waals surface area contributed by atoms with Gasteiger partial charge in [-0.1, -0.05) is 0 Å². The second kappa shape index (κ2) is 10.6. The molecule has 6 nitrogen and oxygen atoms in total. The highest BCUT2D eigenvalue weighted by molar-refractivity contribution is 5.85. The summed E-state index contributed by atoms with van der Waals surface area (Å²) in [4.78, 5) is 26.6. The summed E-state index contributed by atoms with van der Waals surface area (Å²) in [6, 6.07) is 5.59. The van der Waals surface area contributed by atoms with Crippen LogP contribution in [0.25, 0.3) is 0 Å². The van der Waals surface area contributed by atoms with Crippen LogP contribution in [-0.4, -0.2) is 55.0 Å². The third kappa shape index (κ3) is 6.07. The van der Waals surface area contributed by atoms with Crippen molar-refractivity contribution in [2.24, 2.45) is 5.92 Å². The summed E-state index contributed by atoms with van der Waals surface area (Å²) in [6.07, 6.45) is 3.20. The largest absolute Gasteiger partial charge is 0.481 e. The van der Waals surface area contributed by atoms with Gasteiger partial charge in [-0.3, -0.25) is 9.59 Å². The number of carbonyl (C=O) groups excluding carboxylic acids is 2. The van der Waals surface area contributed by atoms with Gasteiger partial charge in [0, 0.05) is 19.6 Å². The summed E-state index contributed by atoms with van der Waals surface area (Å²) in [6.45, 7) is 4.52. The minimum atomic E-state index is -0.633. The molecule has 0 bridgehead atoms. The number of carbonyl (C=O) groups is 2. The Bertz CT molecular complexity index is 653. The number of halogens is 2. The topological polar surface area (TPSA) is 70.7 Å². The monoisotopic (exact) mass is 413 g/mol. The molecule has 0 saturated carbocycles. The van der Waals surface area contributed by atoms with Gasteiger partial charge in [-0.15, -0.1) is 12.4 Å². The molecule has 8 heteroatoms. The number of piperidine rings is 1. The fourth-order valence-electron chi connectivity index (χ4n) is 3.73. The van der Waals surface area contributed by atoms with Crippen LogP contribution in [0.3, 0.4) is 0 Å². The molecular formula is C20H29ClFN3O3. The van der Waals surface area contributed by atoms with E-state index in [9.17, 15) is 14.0 Å². The van der Waals surface area contributed by atoms with Gasteiger partial charge in [0.25, 0.3) is 5.91 Å². The molecule has 2 fully saturated rings. The highest BCUT2D eigenvalue weighted by atomic mass is 35.5. The van der Waals surface area contributed by atoms with Crippen molar-refractivity contribution in [3.05, 3.63) is 30.1 Å². The molecule has 1 aromatic carbocycles. The Kier molecular flexibility index (Phi) is 8.51. The van der Waals surface area contributed by atoms with E-state index in [1.165, 1.54) is 24.3 Å². The zero-order chi connectivity index (χ0) is 19.2. The summed E-state index contributed by atoms with van der Waals surface area (Å²) >= 11 is 0. The first kappa shape index (κ1) is 22.4. The van der Waals surface area contributed by atoms with E-state index in [0.717, 1.165) is 32.2 Å². The maximum Gasteiger partial charge on any atom is 0.263 e. The quantitative estimate of drug-likeness (QED) is 0.749. The van der Waals surface area contributed by atoms with Gasteiger partial charge in [-0.25, -0.2) is 4.39 Å². The van der Waals surface area contributed by atoms with Gasteiger partial charge in [0.2, 0.25) is 5.91 Å². The Morgan fingerprint density at radius 3 is 2.71 bits per heavy atom. The Labute approximate surface area is 171 Å². The van der Waals surface area contributed by atoms with Crippen molar-refractivity contribution in [1.82, 2.24) is 15.5 Å². The number of benzene rings is 1. The summed E-state index contributed by atoms with van der Waals surface area (Å²) in [5.74, 6) is 0.375. The number of hydrogen-bond acceptors (Lipinski definition) is 4. The van der Waals surface area contributed by atoms with E-state index >= 15 is 0 Å². The number of nitrogens with one attached hydrogen (secondary N) is 2. The smallest absolute Gasteiger partial charge is 0.263 e. The van der Waals surface area contributed by atoms with Crippen molar-refractivity contribution in [2.45, 2.75) is 44.8 Å². The molecule has 0 radical (unpaired) electrons. The molecule has 3 unspecified atom stereocenters. The average Bonchev–Trinajstić information content (AvgIpc) is 3.22. The van der Waals surface area contributed by atoms with E-state index in [0.29, 0.717) is 25.4 Å². The minimum absolute atomic E-state index is 0. The lowest BCUT2D eigenvalue weighted by molar-refractivity contribution is -0.139. The highest BCUT2D eigenvalue weighted by Gasteiger charge is 2.29. The highest BCUT2D eigenvalue weighted by Crippen LogP contribution is 2.19. The number of likely N-dealkylation sites (tertiary alicyclic amines) is 1. The van der Waals surface area contributed by atoms with Gasteiger partial charge in [-0.2, -0.15) is 0 Å². The van der Waals surface area contributed by atoms with Crippen LogP contribution in [-0.2, 0) is 9.59 Å². The standard InChI is InChI=1S/C20H28FN3O3.ClH/c1-14(27-17-8-6-16(21)7-9-17)20(26)24-11-3-4-15(13-24)12-23-19(25)18-5-2-10-22-18;/h6-9,14-15,18,22H,2-5,10-13H2,1H3,(H,23,25);1H. The van der Waals surface area contributed by atoms with Crippen molar-refractivity contribution in [3.8, 4) is 5.75 Å². The summed E-state index contributed by atoms with van der Waals surface area (Å²) in [5.41, 5.74) is 0. The lowest BCUT2D eigenvalue weighted by Gasteiger charge is -2.34.